The topological polar surface area (TPSA) is 52.5 Å². The SMILES string of the molecule is CSCCC(C)NC(C)c1c(O)cccc1O. The van der Waals surface area contributed by atoms with Gasteiger partial charge in [0.05, 0.1) is 5.56 Å². The summed E-state index contributed by atoms with van der Waals surface area (Å²) >= 11 is 1.82. The fourth-order valence-electron chi connectivity index (χ4n) is 1.87. The Hall–Kier alpha value is -0.870. The zero-order valence-electron chi connectivity index (χ0n) is 10.6. The molecule has 0 heterocycles. The average Bonchev–Trinajstić information content (AvgIpc) is 2.26. The van der Waals surface area contributed by atoms with E-state index in [2.05, 4.69) is 18.5 Å². The molecule has 0 amide bonds. The predicted octanol–water partition coefficient (Wildman–Crippen LogP) is 2.89. The first-order valence-electron chi connectivity index (χ1n) is 5.82. The molecule has 0 saturated carbocycles. The quantitative estimate of drug-likeness (QED) is 0.731. The molecule has 0 aliphatic heterocycles. The molecule has 0 aromatic heterocycles. The Balaban J connectivity index is 2.66. The number of hydrogen-bond donors (Lipinski definition) is 3. The molecule has 0 fully saturated rings. The van der Waals surface area contributed by atoms with Crippen LogP contribution in [0.1, 0.15) is 31.9 Å². The normalized spacial score (nSPS) is 14.5. The number of hydrogen-bond acceptors (Lipinski definition) is 4. The molecule has 0 aliphatic rings. The Kier molecular flexibility index (Phi) is 5.65. The third-order valence-corrected chi connectivity index (χ3v) is 3.43. The number of benzene rings is 1. The van der Waals surface area contributed by atoms with Gasteiger partial charge in [0.1, 0.15) is 11.5 Å². The van der Waals surface area contributed by atoms with Crippen molar-refractivity contribution in [1.82, 2.24) is 5.32 Å². The molecule has 0 bridgehead atoms. The number of thioether (sulfide) groups is 1. The summed E-state index contributed by atoms with van der Waals surface area (Å²) in [6.07, 6.45) is 3.16. The maximum Gasteiger partial charge on any atom is 0.124 e. The van der Waals surface area contributed by atoms with E-state index in [1.165, 1.54) is 0 Å². The van der Waals surface area contributed by atoms with Gasteiger partial charge in [0.25, 0.3) is 0 Å². The summed E-state index contributed by atoms with van der Waals surface area (Å²) in [7, 11) is 0. The molecule has 1 aromatic rings. The molecule has 0 aliphatic carbocycles. The third-order valence-electron chi connectivity index (χ3n) is 2.78. The highest BCUT2D eigenvalue weighted by molar-refractivity contribution is 7.98. The van der Waals surface area contributed by atoms with Gasteiger partial charge in [-0.15, -0.1) is 0 Å². The van der Waals surface area contributed by atoms with Crippen molar-refractivity contribution in [1.29, 1.82) is 0 Å². The molecule has 3 N–H and O–H groups in total. The second-order valence-electron chi connectivity index (χ2n) is 4.28. The van der Waals surface area contributed by atoms with Crippen molar-refractivity contribution in [2.45, 2.75) is 32.4 Å². The molecule has 4 heteroatoms. The zero-order chi connectivity index (χ0) is 12.8. The standard InChI is InChI=1S/C13H21NO2S/c1-9(7-8-17-3)14-10(2)13-11(15)5-4-6-12(13)16/h4-6,9-10,14-16H,7-8H2,1-3H3. The van der Waals surface area contributed by atoms with Crippen molar-refractivity contribution in [3.05, 3.63) is 23.8 Å². The molecule has 17 heavy (non-hydrogen) atoms. The molecule has 96 valence electrons. The molecular formula is C13H21NO2S. The van der Waals surface area contributed by atoms with E-state index in [0.717, 1.165) is 12.2 Å². The van der Waals surface area contributed by atoms with E-state index in [-0.39, 0.29) is 17.5 Å². The summed E-state index contributed by atoms with van der Waals surface area (Å²) in [5, 5.41) is 22.9. The first-order chi connectivity index (χ1) is 8.06. The summed E-state index contributed by atoms with van der Waals surface area (Å²) in [5.41, 5.74) is 0.573. The molecule has 0 spiro atoms. The highest BCUT2D eigenvalue weighted by Gasteiger charge is 2.16. The van der Waals surface area contributed by atoms with Crippen molar-refractivity contribution in [2.75, 3.05) is 12.0 Å². The lowest BCUT2D eigenvalue weighted by Gasteiger charge is -2.21. The smallest absolute Gasteiger partial charge is 0.124 e. The van der Waals surface area contributed by atoms with Crippen LogP contribution in [-0.2, 0) is 0 Å². The van der Waals surface area contributed by atoms with Gasteiger partial charge in [-0.25, -0.2) is 0 Å². The second kappa shape index (κ2) is 6.77. The number of rotatable bonds is 6. The van der Waals surface area contributed by atoms with Crippen LogP contribution in [-0.4, -0.2) is 28.3 Å². The first-order valence-corrected chi connectivity index (χ1v) is 7.21. The van der Waals surface area contributed by atoms with Crippen LogP contribution in [0.15, 0.2) is 18.2 Å². The Morgan fingerprint density at radius 1 is 1.24 bits per heavy atom. The van der Waals surface area contributed by atoms with Gasteiger partial charge in [-0.3, -0.25) is 0 Å². The molecule has 2 atom stereocenters. The summed E-state index contributed by atoms with van der Waals surface area (Å²) in [6, 6.07) is 5.13. The minimum atomic E-state index is -0.0620. The van der Waals surface area contributed by atoms with E-state index in [9.17, 15) is 10.2 Å². The number of phenols is 2. The highest BCUT2D eigenvalue weighted by Crippen LogP contribution is 2.32. The molecule has 1 rings (SSSR count). The van der Waals surface area contributed by atoms with Crippen molar-refractivity contribution in [3.63, 3.8) is 0 Å². The van der Waals surface area contributed by atoms with Crippen molar-refractivity contribution in [3.8, 4) is 11.5 Å². The van der Waals surface area contributed by atoms with E-state index >= 15 is 0 Å². The molecular weight excluding hydrogens is 234 g/mol. The minimum Gasteiger partial charge on any atom is -0.507 e. The van der Waals surface area contributed by atoms with Crippen LogP contribution in [0.2, 0.25) is 0 Å². The van der Waals surface area contributed by atoms with Crippen LogP contribution in [0.3, 0.4) is 0 Å². The van der Waals surface area contributed by atoms with Crippen molar-refractivity contribution in [2.24, 2.45) is 0 Å². The lowest BCUT2D eigenvalue weighted by atomic mass is 10.0. The second-order valence-corrected chi connectivity index (χ2v) is 5.27. The minimum absolute atomic E-state index is 0.0620. The first kappa shape index (κ1) is 14.2. The Morgan fingerprint density at radius 2 is 1.82 bits per heavy atom. The predicted molar refractivity (Wildman–Crippen MR) is 73.8 cm³/mol. The molecule has 2 unspecified atom stereocenters. The number of nitrogens with one attached hydrogen (secondary N) is 1. The van der Waals surface area contributed by atoms with Crippen LogP contribution in [0.5, 0.6) is 11.5 Å². The number of aromatic hydroxyl groups is 2. The largest absolute Gasteiger partial charge is 0.507 e. The van der Waals surface area contributed by atoms with Gasteiger partial charge in [-0.05, 0) is 44.4 Å². The van der Waals surface area contributed by atoms with E-state index in [1.54, 1.807) is 18.2 Å². The van der Waals surface area contributed by atoms with Crippen LogP contribution in [0.4, 0.5) is 0 Å². The lowest BCUT2D eigenvalue weighted by molar-refractivity contribution is 0.402. The summed E-state index contributed by atoms with van der Waals surface area (Å²) in [4.78, 5) is 0. The van der Waals surface area contributed by atoms with Gasteiger partial charge >= 0.3 is 0 Å². The van der Waals surface area contributed by atoms with Crippen LogP contribution in [0, 0.1) is 0 Å². The maximum atomic E-state index is 9.75. The number of phenolic OH excluding ortho intramolecular Hbond substituents is 2. The van der Waals surface area contributed by atoms with Crippen molar-refractivity contribution < 1.29 is 10.2 Å². The molecule has 3 nitrogen and oxygen atoms in total. The van der Waals surface area contributed by atoms with E-state index in [4.69, 9.17) is 0 Å². The molecule has 0 radical (unpaired) electrons. The summed E-state index contributed by atoms with van der Waals surface area (Å²) in [6.45, 7) is 4.06. The third kappa shape index (κ3) is 4.13. The van der Waals surface area contributed by atoms with Gasteiger partial charge in [0.15, 0.2) is 0 Å². The maximum absolute atomic E-state index is 9.75. The monoisotopic (exact) mass is 255 g/mol. The van der Waals surface area contributed by atoms with E-state index in [0.29, 0.717) is 11.6 Å². The zero-order valence-corrected chi connectivity index (χ0v) is 11.4. The Morgan fingerprint density at radius 3 is 2.35 bits per heavy atom. The van der Waals surface area contributed by atoms with Crippen LogP contribution >= 0.6 is 11.8 Å². The molecule has 0 saturated heterocycles. The fraction of sp³-hybridized carbons (Fsp3) is 0.538. The van der Waals surface area contributed by atoms with Gasteiger partial charge in [0, 0.05) is 12.1 Å². The van der Waals surface area contributed by atoms with Crippen LogP contribution < -0.4 is 5.32 Å². The highest BCUT2D eigenvalue weighted by atomic mass is 32.2. The lowest BCUT2D eigenvalue weighted by Crippen LogP contribution is -2.29. The summed E-state index contributed by atoms with van der Waals surface area (Å²) in [5.74, 6) is 1.39. The fourth-order valence-corrected chi connectivity index (χ4v) is 2.46. The molecule has 1 aromatic carbocycles. The van der Waals surface area contributed by atoms with E-state index < -0.39 is 0 Å². The van der Waals surface area contributed by atoms with Gasteiger partial charge < -0.3 is 15.5 Å². The summed E-state index contributed by atoms with van der Waals surface area (Å²) < 4.78 is 0. The van der Waals surface area contributed by atoms with E-state index in [1.807, 2.05) is 18.7 Å². The Bertz CT molecular complexity index is 337. The van der Waals surface area contributed by atoms with Crippen molar-refractivity contribution >= 4 is 11.8 Å². The van der Waals surface area contributed by atoms with Gasteiger partial charge in [0.2, 0.25) is 0 Å². The van der Waals surface area contributed by atoms with Gasteiger partial charge in [-0.1, -0.05) is 6.07 Å². The Labute approximate surface area is 107 Å². The average molecular weight is 255 g/mol. The van der Waals surface area contributed by atoms with Crippen LogP contribution in [0.25, 0.3) is 0 Å². The van der Waals surface area contributed by atoms with Gasteiger partial charge in [-0.2, -0.15) is 11.8 Å².